The molecule has 0 radical (unpaired) electrons. The Hall–Kier alpha value is -1.36. The molecular formula is C15H26N4O. The quantitative estimate of drug-likeness (QED) is 0.800. The molecule has 1 aromatic heterocycles. The maximum Gasteiger partial charge on any atom is 0.224 e. The van der Waals surface area contributed by atoms with Gasteiger partial charge in [-0.05, 0) is 52.6 Å². The molecule has 1 aromatic rings. The van der Waals surface area contributed by atoms with Crippen LogP contribution in [0, 0.1) is 19.8 Å². The Bertz CT molecular complexity index is 455. The molecule has 0 spiro atoms. The predicted octanol–water partition coefficient (Wildman–Crippen LogP) is 1.39. The Balaban J connectivity index is 1.70. The van der Waals surface area contributed by atoms with Crippen LogP contribution in [-0.2, 0) is 11.3 Å². The zero-order valence-electron chi connectivity index (χ0n) is 12.8. The Morgan fingerprint density at radius 1 is 1.55 bits per heavy atom. The van der Waals surface area contributed by atoms with Crippen molar-refractivity contribution in [3.8, 4) is 0 Å². The summed E-state index contributed by atoms with van der Waals surface area (Å²) in [6, 6.07) is 2.37. The van der Waals surface area contributed by atoms with E-state index < -0.39 is 0 Å². The van der Waals surface area contributed by atoms with E-state index in [4.69, 9.17) is 0 Å². The lowest BCUT2D eigenvalue weighted by Gasteiger charge is -2.28. The molecule has 2 rings (SSSR count). The first-order valence-corrected chi connectivity index (χ1v) is 7.60. The highest BCUT2D eigenvalue weighted by Gasteiger charge is 2.26. The number of aromatic nitrogens is 2. The third-order valence-corrected chi connectivity index (χ3v) is 4.05. The Labute approximate surface area is 121 Å². The summed E-state index contributed by atoms with van der Waals surface area (Å²) in [5, 5.41) is 10.8. The SMILES string of the molecule is Cc1cc(C)n(CCCNC(=O)C2CCCNC2C)n1. The molecule has 5 heteroatoms. The van der Waals surface area contributed by atoms with E-state index in [2.05, 4.69) is 35.6 Å². The molecule has 112 valence electrons. The third kappa shape index (κ3) is 3.82. The van der Waals surface area contributed by atoms with Gasteiger partial charge in [-0.2, -0.15) is 5.10 Å². The van der Waals surface area contributed by atoms with Crippen LogP contribution in [0.4, 0.5) is 0 Å². The Kier molecular flexibility index (Phi) is 5.17. The van der Waals surface area contributed by atoms with Gasteiger partial charge in [0.1, 0.15) is 0 Å². The fraction of sp³-hybridized carbons (Fsp3) is 0.733. The fourth-order valence-corrected chi connectivity index (χ4v) is 2.87. The van der Waals surface area contributed by atoms with Gasteiger partial charge in [0.15, 0.2) is 0 Å². The van der Waals surface area contributed by atoms with Crippen molar-refractivity contribution in [3.05, 3.63) is 17.5 Å². The van der Waals surface area contributed by atoms with Crippen LogP contribution in [0.25, 0.3) is 0 Å². The lowest BCUT2D eigenvalue weighted by molar-refractivity contribution is -0.126. The smallest absolute Gasteiger partial charge is 0.224 e. The normalized spacial score (nSPS) is 22.8. The van der Waals surface area contributed by atoms with E-state index >= 15 is 0 Å². The summed E-state index contributed by atoms with van der Waals surface area (Å²) in [4.78, 5) is 12.1. The number of rotatable bonds is 5. The molecule has 2 heterocycles. The minimum absolute atomic E-state index is 0.123. The maximum absolute atomic E-state index is 12.1. The lowest BCUT2D eigenvalue weighted by Crippen LogP contribution is -2.46. The molecule has 20 heavy (non-hydrogen) atoms. The zero-order valence-corrected chi connectivity index (χ0v) is 12.8. The van der Waals surface area contributed by atoms with E-state index in [9.17, 15) is 4.79 Å². The van der Waals surface area contributed by atoms with Crippen LogP contribution in [-0.4, -0.2) is 34.8 Å². The summed E-state index contributed by atoms with van der Waals surface area (Å²) < 4.78 is 2.01. The van der Waals surface area contributed by atoms with Crippen molar-refractivity contribution in [1.82, 2.24) is 20.4 Å². The van der Waals surface area contributed by atoms with Gasteiger partial charge >= 0.3 is 0 Å². The number of hydrogen-bond donors (Lipinski definition) is 2. The summed E-state index contributed by atoms with van der Waals surface area (Å²) in [6.45, 7) is 8.78. The van der Waals surface area contributed by atoms with Crippen LogP contribution in [0.15, 0.2) is 6.07 Å². The average molecular weight is 278 g/mol. The van der Waals surface area contributed by atoms with Crippen molar-refractivity contribution >= 4 is 5.91 Å². The van der Waals surface area contributed by atoms with Crippen LogP contribution >= 0.6 is 0 Å². The highest BCUT2D eigenvalue weighted by Crippen LogP contribution is 2.16. The van der Waals surface area contributed by atoms with Crippen LogP contribution in [0.5, 0.6) is 0 Å². The summed E-state index contributed by atoms with van der Waals surface area (Å²) in [7, 11) is 0. The number of carbonyl (C=O) groups is 1. The molecule has 1 saturated heterocycles. The van der Waals surface area contributed by atoms with Crippen molar-refractivity contribution in [3.63, 3.8) is 0 Å². The van der Waals surface area contributed by atoms with E-state index in [1.165, 1.54) is 5.69 Å². The van der Waals surface area contributed by atoms with Crippen LogP contribution < -0.4 is 10.6 Å². The maximum atomic E-state index is 12.1. The minimum atomic E-state index is 0.123. The molecule has 1 aliphatic heterocycles. The van der Waals surface area contributed by atoms with E-state index in [0.717, 1.165) is 44.6 Å². The first-order valence-electron chi connectivity index (χ1n) is 7.60. The first-order chi connectivity index (χ1) is 9.58. The highest BCUT2D eigenvalue weighted by atomic mass is 16.1. The standard InChI is InChI=1S/C15H26N4O/c1-11-10-12(2)19(18-11)9-5-8-17-15(20)14-6-4-7-16-13(14)3/h10,13-14,16H,4-9H2,1-3H3,(H,17,20). The van der Waals surface area contributed by atoms with Gasteiger partial charge in [0.2, 0.25) is 5.91 Å². The summed E-state index contributed by atoms with van der Waals surface area (Å²) >= 11 is 0. The molecule has 1 aliphatic rings. The third-order valence-electron chi connectivity index (χ3n) is 4.05. The second kappa shape index (κ2) is 6.88. The molecule has 0 aromatic carbocycles. The molecule has 1 amide bonds. The van der Waals surface area contributed by atoms with E-state index in [1.807, 2.05) is 11.6 Å². The van der Waals surface area contributed by atoms with Crippen molar-refractivity contribution in [2.75, 3.05) is 13.1 Å². The Morgan fingerprint density at radius 2 is 2.35 bits per heavy atom. The number of nitrogens with one attached hydrogen (secondary N) is 2. The molecule has 0 aliphatic carbocycles. The van der Waals surface area contributed by atoms with Gasteiger partial charge in [-0.15, -0.1) is 0 Å². The van der Waals surface area contributed by atoms with Crippen LogP contribution in [0.3, 0.4) is 0 Å². The topological polar surface area (TPSA) is 59.0 Å². The van der Waals surface area contributed by atoms with Crippen molar-refractivity contribution in [2.24, 2.45) is 5.92 Å². The Morgan fingerprint density at radius 3 is 3.00 bits per heavy atom. The number of carbonyl (C=O) groups excluding carboxylic acids is 1. The predicted molar refractivity (Wildman–Crippen MR) is 79.5 cm³/mol. The molecule has 0 saturated carbocycles. The lowest BCUT2D eigenvalue weighted by atomic mass is 9.91. The van der Waals surface area contributed by atoms with Crippen LogP contribution in [0.1, 0.15) is 37.6 Å². The highest BCUT2D eigenvalue weighted by molar-refractivity contribution is 5.79. The molecule has 0 bridgehead atoms. The molecule has 2 N–H and O–H groups in total. The second-order valence-corrected chi connectivity index (χ2v) is 5.79. The first kappa shape index (κ1) is 15.0. The van der Waals surface area contributed by atoms with Crippen LogP contribution in [0.2, 0.25) is 0 Å². The van der Waals surface area contributed by atoms with Gasteiger partial charge in [-0.25, -0.2) is 0 Å². The van der Waals surface area contributed by atoms with E-state index in [0.29, 0.717) is 6.04 Å². The van der Waals surface area contributed by atoms with Gasteiger partial charge in [-0.1, -0.05) is 0 Å². The molecule has 2 atom stereocenters. The fourth-order valence-electron chi connectivity index (χ4n) is 2.87. The summed E-state index contributed by atoms with van der Waals surface area (Å²) in [6.07, 6.45) is 3.01. The van der Waals surface area contributed by atoms with Gasteiger partial charge < -0.3 is 10.6 Å². The second-order valence-electron chi connectivity index (χ2n) is 5.79. The van der Waals surface area contributed by atoms with Gasteiger partial charge in [0, 0.05) is 24.8 Å². The monoisotopic (exact) mass is 278 g/mol. The van der Waals surface area contributed by atoms with Gasteiger partial charge in [0.25, 0.3) is 0 Å². The van der Waals surface area contributed by atoms with Crippen molar-refractivity contribution in [1.29, 1.82) is 0 Å². The number of nitrogens with zero attached hydrogens (tertiary/aromatic N) is 2. The van der Waals surface area contributed by atoms with E-state index in [-0.39, 0.29) is 11.8 Å². The van der Waals surface area contributed by atoms with Gasteiger partial charge in [0.05, 0.1) is 11.6 Å². The average Bonchev–Trinajstić information content (AvgIpc) is 2.73. The van der Waals surface area contributed by atoms with Crippen molar-refractivity contribution < 1.29 is 4.79 Å². The number of piperidine rings is 1. The molecular weight excluding hydrogens is 252 g/mol. The summed E-state index contributed by atoms with van der Waals surface area (Å²) in [5.41, 5.74) is 2.23. The van der Waals surface area contributed by atoms with Crippen molar-refractivity contribution in [2.45, 2.75) is 52.6 Å². The molecule has 5 nitrogen and oxygen atoms in total. The number of amides is 1. The van der Waals surface area contributed by atoms with E-state index in [1.54, 1.807) is 0 Å². The molecule has 2 unspecified atom stereocenters. The number of aryl methyl sites for hydroxylation is 3. The summed E-state index contributed by atoms with van der Waals surface area (Å²) in [5.74, 6) is 0.315. The zero-order chi connectivity index (χ0) is 14.5. The minimum Gasteiger partial charge on any atom is -0.356 e. The number of hydrogen-bond acceptors (Lipinski definition) is 3. The molecule has 1 fully saturated rings. The van der Waals surface area contributed by atoms with Gasteiger partial charge in [-0.3, -0.25) is 9.48 Å². The largest absolute Gasteiger partial charge is 0.356 e.